The standard InChI is InChI=1S/C21H28N2O5S/c1-6-17(16-12-13-18(27-3)19(14-16)28-4)22-21(24)20(23(2)29(5,25)26)15-10-8-7-9-11-15/h7-14,17,20H,6H2,1-5H3,(H,22,24)/t17-,20-/m0/s1. The normalized spacial score (nSPS) is 13.6. The van der Waals surface area contributed by atoms with E-state index in [4.69, 9.17) is 9.47 Å². The number of nitrogens with one attached hydrogen (secondary N) is 1. The van der Waals surface area contributed by atoms with Crippen molar-refractivity contribution in [1.82, 2.24) is 9.62 Å². The minimum absolute atomic E-state index is 0.318. The Hall–Kier alpha value is -2.58. The summed E-state index contributed by atoms with van der Waals surface area (Å²) in [5.41, 5.74) is 1.44. The molecule has 2 rings (SSSR count). The molecular formula is C21H28N2O5S. The quantitative estimate of drug-likeness (QED) is 0.674. The van der Waals surface area contributed by atoms with Crippen molar-refractivity contribution in [3.05, 3.63) is 59.7 Å². The van der Waals surface area contributed by atoms with E-state index in [2.05, 4.69) is 5.32 Å². The van der Waals surface area contributed by atoms with Gasteiger partial charge in [0.2, 0.25) is 15.9 Å². The largest absolute Gasteiger partial charge is 0.493 e. The number of amides is 1. The number of ether oxygens (including phenoxy) is 2. The molecule has 0 radical (unpaired) electrons. The Balaban J connectivity index is 2.36. The third-order valence-corrected chi connectivity index (χ3v) is 6.04. The van der Waals surface area contributed by atoms with Gasteiger partial charge in [-0.25, -0.2) is 8.42 Å². The van der Waals surface area contributed by atoms with E-state index in [0.717, 1.165) is 16.1 Å². The highest BCUT2D eigenvalue weighted by Crippen LogP contribution is 2.31. The van der Waals surface area contributed by atoms with Gasteiger partial charge in [0.1, 0.15) is 6.04 Å². The molecule has 2 aromatic rings. The van der Waals surface area contributed by atoms with Crippen LogP contribution in [0.1, 0.15) is 36.6 Å². The molecule has 0 bridgehead atoms. The topological polar surface area (TPSA) is 84.9 Å². The molecule has 7 nitrogen and oxygen atoms in total. The molecule has 0 heterocycles. The summed E-state index contributed by atoms with van der Waals surface area (Å²) in [5, 5.41) is 2.98. The van der Waals surface area contributed by atoms with Gasteiger partial charge in [-0.3, -0.25) is 4.79 Å². The third-order valence-electron chi connectivity index (χ3n) is 4.79. The first-order valence-corrected chi connectivity index (χ1v) is 11.1. The fourth-order valence-corrected chi connectivity index (χ4v) is 3.69. The van der Waals surface area contributed by atoms with Crippen molar-refractivity contribution in [2.24, 2.45) is 0 Å². The van der Waals surface area contributed by atoms with Crippen LogP contribution < -0.4 is 14.8 Å². The number of hydrogen-bond donors (Lipinski definition) is 1. The molecule has 0 unspecified atom stereocenters. The molecule has 0 spiro atoms. The molecule has 0 aliphatic heterocycles. The number of likely N-dealkylation sites (N-methyl/N-ethyl adjacent to an activating group) is 1. The molecule has 1 N–H and O–H groups in total. The minimum Gasteiger partial charge on any atom is -0.493 e. The SMILES string of the molecule is CC[C@H](NC(=O)[C@H](c1ccccc1)N(C)S(C)(=O)=O)c1ccc(OC)c(OC)c1. The van der Waals surface area contributed by atoms with E-state index in [1.807, 2.05) is 25.1 Å². The molecule has 2 atom stereocenters. The fourth-order valence-electron chi connectivity index (χ4n) is 3.09. The van der Waals surface area contributed by atoms with Crippen LogP contribution in [0.15, 0.2) is 48.5 Å². The molecule has 8 heteroatoms. The number of benzene rings is 2. The van der Waals surface area contributed by atoms with Crippen LogP contribution in [0.4, 0.5) is 0 Å². The van der Waals surface area contributed by atoms with Gasteiger partial charge in [0.15, 0.2) is 11.5 Å². The van der Waals surface area contributed by atoms with E-state index in [9.17, 15) is 13.2 Å². The van der Waals surface area contributed by atoms with Crippen molar-refractivity contribution in [3.63, 3.8) is 0 Å². The number of rotatable bonds is 9. The van der Waals surface area contributed by atoms with E-state index in [0.29, 0.717) is 23.5 Å². The Morgan fingerprint density at radius 3 is 2.17 bits per heavy atom. The van der Waals surface area contributed by atoms with Gasteiger partial charge in [-0.2, -0.15) is 4.31 Å². The van der Waals surface area contributed by atoms with Crippen molar-refractivity contribution in [1.29, 1.82) is 0 Å². The second kappa shape index (κ2) is 9.76. The Morgan fingerprint density at radius 2 is 1.66 bits per heavy atom. The molecule has 0 aliphatic carbocycles. The molecule has 1 amide bonds. The summed E-state index contributed by atoms with van der Waals surface area (Å²) in [5.74, 6) is 0.757. The number of nitrogens with zero attached hydrogens (tertiary/aromatic N) is 1. The molecule has 0 aromatic heterocycles. The summed E-state index contributed by atoms with van der Waals surface area (Å²) >= 11 is 0. The summed E-state index contributed by atoms with van der Waals surface area (Å²) < 4.78 is 36.0. The molecule has 0 fully saturated rings. The minimum atomic E-state index is -3.59. The molecule has 158 valence electrons. The Bertz CT molecular complexity index is 931. The van der Waals surface area contributed by atoms with E-state index in [-0.39, 0.29) is 6.04 Å². The lowest BCUT2D eigenvalue weighted by Crippen LogP contribution is -2.42. The van der Waals surface area contributed by atoms with Crippen LogP contribution in [-0.4, -0.2) is 46.2 Å². The second-order valence-electron chi connectivity index (χ2n) is 6.68. The maximum Gasteiger partial charge on any atom is 0.243 e. The molecule has 2 aromatic carbocycles. The van der Waals surface area contributed by atoms with Crippen LogP contribution in [0, 0.1) is 0 Å². The highest BCUT2D eigenvalue weighted by atomic mass is 32.2. The Morgan fingerprint density at radius 1 is 1.03 bits per heavy atom. The highest BCUT2D eigenvalue weighted by Gasteiger charge is 2.32. The van der Waals surface area contributed by atoms with Crippen LogP contribution in [-0.2, 0) is 14.8 Å². The molecular weight excluding hydrogens is 392 g/mol. The first kappa shape index (κ1) is 22.7. The lowest BCUT2D eigenvalue weighted by Gasteiger charge is -2.28. The van der Waals surface area contributed by atoms with Gasteiger partial charge in [0.25, 0.3) is 0 Å². The van der Waals surface area contributed by atoms with Crippen molar-refractivity contribution >= 4 is 15.9 Å². The Kier molecular flexibility index (Phi) is 7.64. The summed E-state index contributed by atoms with van der Waals surface area (Å²) in [6, 6.07) is 13.0. The van der Waals surface area contributed by atoms with Crippen LogP contribution in [0.3, 0.4) is 0 Å². The summed E-state index contributed by atoms with van der Waals surface area (Å²) in [6.07, 6.45) is 1.70. The van der Waals surface area contributed by atoms with Crippen LogP contribution in [0.25, 0.3) is 0 Å². The zero-order valence-electron chi connectivity index (χ0n) is 17.4. The van der Waals surface area contributed by atoms with Crippen LogP contribution >= 0.6 is 0 Å². The molecule has 0 saturated carbocycles. The average molecular weight is 421 g/mol. The molecule has 29 heavy (non-hydrogen) atoms. The van der Waals surface area contributed by atoms with Crippen LogP contribution in [0.5, 0.6) is 11.5 Å². The van der Waals surface area contributed by atoms with Crippen LogP contribution in [0.2, 0.25) is 0 Å². The van der Waals surface area contributed by atoms with Gasteiger partial charge in [0, 0.05) is 7.05 Å². The lowest BCUT2D eigenvalue weighted by atomic mass is 10.0. The van der Waals surface area contributed by atoms with E-state index in [1.165, 1.54) is 7.05 Å². The van der Waals surface area contributed by atoms with Gasteiger partial charge in [-0.05, 0) is 29.7 Å². The zero-order chi connectivity index (χ0) is 21.6. The summed E-state index contributed by atoms with van der Waals surface area (Å²) in [6.45, 7) is 1.94. The summed E-state index contributed by atoms with van der Waals surface area (Å²) in [4.78, 5) is 13.2. The number of methoxy groups -OCH3 is 2. The lowest BCUT2D eigenvalue weighted by molar-refractivity contribution is -0.125. The molecule has 0 aliphatic rings. The number of hydrogen-bond acceptors (Lipinski definition) is 5. The summed E-state index contributed by atoms with van der Waals surface area (Å²) in [7, 11) is 0.928. The first-order chi connectivity index (χ1) is 13.7. The monoisotopic (exact) mass is 420 g/mol. The maximum atomic E-state index is 13.2. The zero-order valence-corrected chi connectivity index (χ0v) is 18.2. The average Bonchev–Trinajstić information content (AvgIpc) is 2.71. The van der Waals surface area contributed by atoms with Gasteiger partial charge in [-0.15, -0.1) is 0 Å². The first-order valence-electron chi connectivity index (χ1n) is 9.23. The van der Waals surface area contributed by atoms with E-state index < -0.39 is 22.0 Å². The predicted octanol–water partition coefficient (Wildman–Crippen LogP) is 2.90. The third kappa shape index (κ3) is 5.48. The molecule has 0 saturated heterocycles. The number of carbonyl (C=O) groups is 1. The van der Waals surface area contributed by atoms with Gasteiger partial charge in [-0.1, -0.05) is 43.3 Å². The highest BCUT2D eigenvalue weighted by molar-refractivity contribution is 7.88. The Labute approximate surface area is 172 Å². The number of sulfonamides is 1. The van der Waals surface area contributed by atoms with E-state index >= 15 is 0 Å². The van der Waals surface area contributed by atoms with Crippen molar-refractivity contribution in [2.75, 3.05) is 27.5 Å². The van der Waals surface area contributed by atoms with Crippen molar-refractivity contribution in [2.45, 2.75) is 25.4 Å². The smallest absolute Gasteiger partial charge is 0.243 e. The maximum absolute atomic E-state index is 13.2. The fraction of sp³-hybridized carbons (Fsp3) is 0.381. The van der Waals surface area contributed by atoms with Gasteiger partial charge in [0.05, 0.1) is 26.5 Å². The van der Waals surface area contributed by atoms with Gasteiger partial charge >= 0.3 is 0 Å². The predicted molar refractivity (Wildman–Crippen MR) is 113 cm³/mol. The number of carbonyl (C=O) groups excluding carboxylic acids is 1. The van der Waals surface area contributed by atoms with Crippen molar-refractivity contribution in [3.8, 4) is 11.5 Å². The van der Waals surface area contributed by atoms with E-state index in [1.54, 1.807) is 44.6 Å². The van der Waals surface area contributed by atoms with Crippen molar-refractivity contribution < 1.29 is 22.7 Å². The second-order valence-corrected chi connectivity index (χ2v) is 8.72. The van der Waals surface area contributed by atoms with Gasteiger partial charge < -0.3 is 14.8 Å².